The van der Waals surface area contributed by atoms with Crippen molar-refractivity contribution in [2.24, 2.45) is 5.92 Å². The summed E-state index contributed by atoms with van der Waals surface area (Å²) in [5.41, 5.74) is 0.378. The molecule has 0 spiro atoms. The lowest BCUT2D eigenvalue weighted by atomic mass is 9.89. The number of carbonyl (C=O) groups is 1. The van der Waals surface area contributed by atoms with Crippen LogP contribution in [0.1, 0.15) is 30.6 Å². The highest BCUT2D eigenvalue weighted by molar-refractivity contribution is 7.90. The van der Waals surface area contributed by atoms with Crippen LogP contribution in [-0.4, -0.2) is 39.2 Å². The summed E-state index contributed by atoms with van der Waals surface area (Å²) in [6, 6.07) is 6.41. The van der Waals surface area contributed by atoms with Crippen molar-refractivity contribution in [1.82, 2.24) is 10.6 Å². The van der Waals surface area contributed by atoms with Crippen molar-refractivity contribution < 1.29 is 13.2 Å². The van der Waals surface area contributed by atoms with E-state index in [1.165, 1.54) is 12.1 Å². The van der Waals surface area contributed by atoms with E-state index >= 15 is 0 Å². The minimum absolute atomic E-state index is 0.0492. The highest BCUT2D eigenvalue weighted by atomic mass is 32.2. The molecule has 0 bridgehead atoms. The number of amides is 1. The van der Waals surface area contributed by atoms with Crippen LogP contribution in [0.2, 0.25) is 0 Å². The quantitative estimate of drug-likeness (QED) is 0.880. The van der Waals surface area contributed by atoms with E-state index in [0.29, 0.717) is 11.5 Å². The Labute approximate surface area is 126 Å². The first-order valence-electron chi connectivity index (χ1n) is 7.13. The first-order valence-corrected chi connectivity index (χ1v) is 9.02. The summed E-state index contributed by atoms with van der Waals surface area (Å²) in [7, 11) is -3.31. The Hall–Kier alpha value is -1.40. The van der Waals surface area contributed by atoms with E-state index in [1.54, 1.807) is 12.1 Å². The predicted octanol–water partition coefficient (Wildman–Crippen LogP) is 1.21. The van der Waals surface area contributed by atoms with Crippen LogP contribution < -0.4 is 10.6 Å². The van der Waals surface area contributed by atoms with E-state index < -0.39 is 9.84 Å². The molecule has 1 heterocycles. The molecule has 0 aliphatic carbocycles. The number of hydrogen-bond donors (Lipinski definition) is 2. The molecule has 0 radical (unpaired) electrons. The van der Waals surface area contributed by atoms with Crippen LogP contribution in [0.15, 0.2) is 29.2 Å². The van der Waals surface area contributed by atoms with E-state index in [4.69, 9.17) is 0 Å². The number of sulfone groups is 1. The van der Waals surface area contributed by atoms with Crippen LogP contribution in [0.25, 0.3) is 0 Å². The van der Waals surface area contributed by atoms with Gasteiger partial charge in [-0.25, -0.2) is 8.42 Å². The van der Waals surface area contributed by atoms with Crippen LogP contribution in [0.3, 0.4) is 0 Å². The molecule has 6 heteroatoms. The molecule has 2 rings (SSSR count). The first kappa shape index (κ1) is 16.0. The lowest BCUT2D eigenvalue weighted by Gasteiger charge is -2.36. The zero-order chi connectivity index (χ0) is 15.6. The molecular weight excluding hydrogens is 288 g/mol. The number of nitrogens with one attached hydrogen (secondary N) is 2. The summed E-state index contributed by atoms with van der Waals surface area (Å²) in [4.78, 5) is 12.5. The van der Waals surface area contributed by atoms with Gasteiger partial charge in [-0.2, -0.15) is 0 Å². The van der Waals surface area contributed by atoms with E-state index in [2.05, 4.69) is 17.6 Å². The van der Waals surface area contributed by atoms with Gasteiger partial charge in [-0.3, -0.25) is 4.79 Å². The van der Waals surface area contributed by atoms with Gasteiger partial charge in [-0.15, -0.1) is 0 Å². The van der Waals surface area contributed by atoms with Gasteiger partial charge in [0.15, 0.2) is 9.84 Å². The zero-order valence-electron chi connectivity index (χ0n) is 12.6. The Morgan fingerprint density at radius 3 is 2.67 bits per heavy atom. The van der Waals surface area contributed by atoms with E-state index in [1.807, 2.05) is 6.92 Å². The normalized spacial score (nSPS) is 26.3. The number of carbonyl (C=O) groups excluding carboxylic acids is 1. The van der Waals surface area contributed by atoms with Gasteiger partial charge in [-0.05, 0) is 44.0 Å². The molecule has 0 aromatic heterocycles. The standard InChI is InChI=1S/C15H22N2O3S/c1-10-7-8-16-11(2)14(10)17-15(18)12-5-4-6-13(9-12)21(3,19)20/h4-6,9-11,14,16H,7-8H2,1-3H3,(H,17,18). The molecule has 2 N–H and O–H groups in total. The number of rotatable bonds is 3. The van der Waals surface area contributed by atoms with Gasteiger partial charge in [-0.1, -0.05) is 13.0 Å². The third kappa shape index (κ3) is 3.83. The minimum Gasteiger partial charge on any atom is -0.347 e. The second-order valence-corrected chi connectivity index (χ2v) is 7.82. The van der Waals surface area contributed by atoms with Crippen molar-refractivity contribution >= 4 is 15.7 Å². The Balaban J connectivity index is 2.17. The topological polar surface area (TPSA) is 75.3 Å². The zero-order valence-corrected chi connectivity index (χ0v) is 13.4. The third-order valence-electron chi connectivity index (χ3n) is 4.04. The lowest BCUT2D eigenvalue weighted by molar-refractivity contribution is 0.0897. The smallest absolute Gasteiger partial charge is 0.251 e. The van der Waals surface area contributed by atoms with Crippen LogP contribution in [0, 0.1) is 5.92 Å². The van der Waals surface area contributed by atoms with Gasteiger partial charge in [0, 0.05) is 23.9 Å². The summed E-state index contributed by atoms with van der Waals surface area (Å²) >= 11 is 0. The van der Waals surface area contributed by atoms with Crippen LogP contribution >= 0.6 is 0 Å². The summed E-state index contributed by atoms with van der Waals surface area (Å²) < 4.78 is 23.1. The predicted molar refractivity (Wildman–Crippen MR) is 82.1 cm³/mol. The van der Waals surface area contributed by atoms with Crippen molar-refractivity contribution in [3.05, 3.63) is 29.8 Å². The lowest BCUT2D eigenvalue weighted by Crippen LogP contribution is -2.55. The molecular formula is C15H22N2O3S. The van der Waals surface area contributed by atoms with Crippen molar-refractivity contribution in [3.63, 3.8) is 0 Å². The third-order valence-corrected chi connectivity index (χ3v) is 5.15. The summed E-state index contributed by atoms with van der Waals surface area (Å²) in [5.74, 6) is 0.163. The van der Waals surface area contributed by atoms with Gasteiger partial charge in [0.25, 0.3) is 5.91 Å². The molecule has 1 aliphatic rings. The Morgan fingerprint density at radius 1 is 1.33 bits per heavy atom. The summed E-state index contributed by atoms with van der Waals surface area (Å²) in [5, 5.41) is 6.36. The fourth-order valence-electron chi connectivity index (χ4n) is 2.71. The molecule has 116 valence electrons. The first-order chi connectivity index (χ1) is 9.79. The van der Waals surface area contributed by atoms with Crippen molar-refractivity contribution in [3.8, 4) is 0 Å². The van der Waals surface area contributed by atoms with E-state index in [-0.39, 0.29) is 22.9 Å². The van der Waals surface area contributed by atoms with Crippen LogP contribution in [0.5, 0.6) is 0 Å². The molecule has 1 amide bonds. The molecule has 1 aromatic rings. The minimum atomic E-state index is -3.31. The second-order valence-electron chi connectivity index (χ2n) is 5.81. The van der Waals surface area contributed by atoms with E-state index in [9.17, 15) is 13.2 Å². The van der Waals surface area contributed by atoms with Crippen molar-refractivity contribution in [2.75, 3.05) is 12.8 Å². The maximum Gasteiger partial charge on any atom is 0.251 e. The number of benzene rings is 1. The molecule has 21 heavy (non-hydrogen) atoms. The maximum atomic E-state index is 12.3. The molecule has 1 aromatic carbocycles. The molecule has 3 atom stereocenters. The molecule has 1 saturated heterocycles. The van der Waals surface area contributed by atoms with Crippen LogP contribution in [-0.2, 0) is 9.84 Å². The maximum absolute atomic E-state index is 12.3. The van der Waals surface area contributed by atoms with Gasteiger partial charge in [0.05, 0.1) is 4.90 Å². The summed E-state index contributed by atoms with van der Waals surface area (Å²) in [6.07, 6.45) is 2.15. The monoisotopic (exact) mass is 310 g/mol. The SMILES string of the molecule is CC1CCNC(C)C1NC(=O)c1cccc(S(C)(=O)=O)c1. The Bertz CT molecular complexity index is 618. The molecule has 1 fully saturated rings. The largest absolute Gasteiger partial charge is 0.347 e. The van der Waals surface area contributed by atoms with Gasteiger partial charge >= 0.3 is 0 Å². The Morgan fingerprint density at radius 2 is 2.05 bits per heavy atom. The molecule has 0 saturated carbocycles. The molecule has 1 aliphatic heterocycles. The van der Waals surface area contributed by atoms with Gasteiger partial charge < -0.3 is 10.6 Å². The highest BCUT2D eigenvalue weighted by Crippen LogP contribution is 2.17. The average molecular weight is 310 g/mol. The van der Waals surface area contributed by atoms with Gasteiger partial charge in [0.2, 0.25) is 0 Å². The van der Waals surface area contributed by atoms with Crippen LogP contribution in [0.4, 0.5) is 0 Å². The van der Waals surface area contributed by atoms with Crippen molar-refractivity contribution in [2.45, 2.75) is 37.2 Å². The van der Waals surface area contributed by atoms with Gasteiger partial charge in [0.1, 0.15) is 0 Å². The number of piperidine rings is 1. The van der Waals surface area contributed by atoms with Crippen molar-refractivity contribution in [1.29, 1.82) is 0 Å². The average Bonchev–Trinajstić information content (AvgIpc) is 2.42. The fourth-order valence-corrected chi connectivity index (χ4v) is 3.37. The molecule has 5 nitrogen and oxygen atoms in total. The fraction of sp³-hybridized carbons (Fsp3) is 0.533. The molecule has 3 unspecified atom stereocenters. The number of hydrogen-bond acceptors (Lipinski definition) is 4. The second kappa shape index (κ2) is 6.15. The summed E-state index contributed by atoms with van der Waals surface area (Å²) in [6.45, 7) is 5.13. The Kier molecular flexibility index (Phi) is 4.68. The highest BCUT2D eigenvalue weighted by Gasteiger charge is 2.29. The van der Waals surface area contributed by atoms with E-state index in [0.717, 1.165) is 19.2 Å².